The first-order valence-corrected chi connectivity index (χ1v) is 6.36. The number of hydrogen-bond acceptors (Lipinski definition) is 7. The van der Waals surface area contributed by atoms with E-state index >= 15 is 0 Å². The number of benzene rings is 1. The molecular formula is C14H15NO7-2. The molecule has 0 saturated carbocycles. The molecule has 0 radical (unpaired) electrons. The topological polar surface area (TPSA) is 128 Å². The van der Waals surface area contributed by atoms with Gasteiger partial charge in [-0.05, 0) is 18.9 Å². The highest BCUT2D eigenvalue weighted by atomic mass is 16.5. The van der Waals surface area contributed by atoms with Crippen molar-refractivity contribution in [1.82, 2.24) is 0 Å². The molecule has 0 aliphatic heterocycles. The van der Waals surface area contributed by atoms with Crippen LogP contribution in [0.5, 0.6) is 11.5 Å². The van der Waals surface area contributed by atoms with Gasteiger partial charge in [-0.3, -0.25) is 4.79 Å². The van der Waals surface area contributed by atoms with E-state index < -0.39 is 17.8 Å². The van der Waals surface area contributed by atoms with E-state index in [9.17, 15) is 24.6 Å². The van der Waals surface area contributed by atoms with Crippen molar-refractivity contribution in [2.24, 2.45) is 0 Å². The van der Waals surface area contributed by atoms with Gasteiger partial charge < -0.3 is 34.6 Å². The van der Waals surface area contributed by atoms with Gasteiger partial charge in [0.1, 0.15) is 0 Å². The number of nitrogens with one attached hydrogen (secondary N) is 1. The van der Waals surface area contributed by atoms with Crippen LogP contribution in [0.1, 0.15) is 29.6 Å². The van der Waals surface area contributed by atoms with Crippen molar-refractivity contribution in [2.45, 2.75) is 19.3 Å². The summed E-state index contributed by atoms with van der Waals surface area (Å²) in [6, 6.07) is 2.46. The molecule has 0 spiro atoms. The average molecular weight is 309 g/mol. The molecule has 0 atom stereocenters. The van der Waals surface area contributed by atoms with Crippen molar-refractivity contribution in [3.8, 4) is 11.5 Å². The number of ether oxygens (including phenoxy) is 2. The van der Waals surface area contributed by atoms with Crippen molar-refractivity contribution in [3.05, 3.63) is 17.7 Å². The predicted molar refractivity (Wildman–Crippen MR) is 71.4 cm³/mol. The Kier molecular flexibility index (Phi) is 6.18. The van der Waals surface area contributed by atoms with Crippen LogP contribution in [0.15, 0.2) is 12.1 Å². The van der Waals surface area contributed by atoms with Crippen LogP contribution in [-0.4, -0.2) is 32.1 Å². The summed E-state index contributed by atoms with van der Waals surface area (Å²) in [5, 5.41) is 23.8. The van der Waals surface area contributed by atoms with Gasteiger partial charge in [-0.15, -0.1) is 0 Å². The highest BCUT2D eigenvalue weighted by Gasteiger charge is 2.14. The second-order valence-electron chi connectivity index (χ2n) is 4.31. The number of carbonyl (C=O) groups is 3. The normalized spacial score (nSPS) is 9.91. The molecule has 0 heterocycles. The third-order valence-corrected chi connectivity index (χ3v) is 2.80. The minimum atomic E-state index is -1.49. The Morgan fingerprint density at radius 3 is 2.14 bits per heavy atom. The zero-order chi connectivity index (χ0) is 16.7. The van der Waals surface area contributed by atoms with Crippen LogP contribution in [0, 0.1) is 0 Å². The zero-order valence-corrected chi connectivity index (χ0v) is 12.1. The summed E-state index contributed by atoms with van der Waals surface area (Å²) in [6.07, 6.45) is -0.260. The SMILES string of the molecule is COc1cc(NC(=O)CCCC(=O)[O-])c(C(=O)[O-])cc1OC. The highest BCUT2D eigenvalue weighted by molar-refractivity contribution is 6.00. The van der Waals surface area contributed by atoms with Crippen LogP contribution in [0.25, 0.3) is 0 Å². The van der Waals surface area contributed by atoms with E-state index in [2.05, 4.69) is 5.32 Å². The van der Waals surface area contributed by atoms with Crippen molar-refractivity contribution < 1.29 is 34.1 Å². The van der Waals surface area contributed by atoms with Gasteiger partial charge in [-0.2, -0.15) is 0 Å². The number of amides is 1. The minimum absolute atomic E-state index is 0.0175. The first kappa shape index (κ1) is 17.3. The van der Waals surface area contributed by atoms with Crippen LogP contribution in [0.2, 0.25) is 0 Å². The lowest BCUT2D eigenvalue weighted by Crippen LogP contribution is -2.25. The van der Waals surface area contributed by atoms with Gasteiger partial charge >= 0.3 is 0 Å². The second-order valence-corrected chi connectivity index (χ2v) is 4.31. The van der Waals surface area contributed by atoms with Gasteiger partial charge in [0.25, 0.3) is 0 Å². The zero-order valence-electron chi connectivity index (χ0n) is 12.1. The molecule has 1 aromatic rings. The Balaban J connectivity index is 2.94. The summed E-state index contributed by atoms with van der Waals surface area (Å²) < 4.78 is 10.0. The first-order chi connectivity index (χ1) is 10.4. The lowest BCUT2D eigenvalue weighted by Gasteiger charge is -2.16. The average Bonchev–Trinajstić information content (AvgIpc) is 2.45. The minimum Gasteiger partial charge on any atom is -0.550 e. The van der Waals surface area contributed by atoms with Gasteiger partial charge in [0.2, 0.25) is 5.91 Å². The summed E-state index contributed by atoms with van der Waals surface area (Å²) in [4.78, 5) is 33.1. The Bertz CT molecular complexity index is 583. The molecule has 0 aliphatic carbocycles. The number of carboxylic acid groups (broad SMARTS) is 2. The third-order valence-electron chi connectivity index (χ3n) is 2.80. The largest absolute Gasteiger partial charge is 0.550 e. The maximum absolute atomic E-state index is 11.7. The lowest BCUT2D eigenvalue weighted by atomic mass is 10.1. The monoisotopic (exact) mass is 309 g/mol. The lowest BCUT2D eigenvalue weighted by molar-refractivity contribution is -0.305. The summed E-state index contributed by atoms with van der Waals surface area (Å²) in [5.41, 5.74) is -0.290. The Hall–Kier alpha value is -2.77. The van der Waals surface area contributed by atoms with Crippen molar-refractivity contribution in [3.63, 3.8) is 0 Å². The highest BCUT2D eigenvalue weighted by Crippen LogP contribution is 2.33. The van der Waals surface area contributed by atoms with Gasteiger partial charge in [-0.1, -0.05) is 0 Å². The molecule has 22 heavy (non-hydrogen) atoms. The maximum atomic E-state index is 11.7. The van der Waals surface area contributed by atoms with Gasteiger partial charge in [-0.25, -0.2) is 0 Å². The summed E-state index contributed by atoms with van der Waals surface area (Å²) in [5.74, 6) is -2.87. The number of hydrogen-bond donors (Lipinski definition) is 1. The summed E-state index contributed by atoms with van der Waals surface area (Å²) in [7, 11) is 2.71. The number of carboxylic acids is 2. The molecule has 1 amide bonds. The van der Waals surface area contributed by atoms with Crippen molar-refractivity contribution in [2.75, 3.05) is 19.5 Å². The van der Waals surface area contributed by atoms with Crippen molar-refractivity contribution in [1.29, 1.82) is 0 Å². The van der Waals surface area contributed by atoms with E-state index in [-0.39, 0.29) is 42.0 Å². The molecule has 0 unspecified atom stereocenters. The van der Waals surface area contributed by atoms with Crippen molar-refractivity contribution >= 4 is 23.5 Å². The van der Waals surface area contributed by atoms with Crippen LogP contribution >= 0.6 is 0 Å². The quantitative estimate of drug-likeness (QED) is 0.647. The number of aliphatic carboxylic acids is 1. The molecule has 1 N–H and O–H groups in total. The second kappa shape index (κ2) is 7.87. The fourth-order valence-corrected chi connectivity index (χ4v) is 1.76. The number of carbonyl (C=O) groups excluding carboxylic acids is 3. The van der Waals surface area contributed by atoms with Crippen LogP contribution in [-0.2, 0) is 9.59 Å². The molecule has 0 bridgehead atoms. The first-order valence-electron chi connectivity index (χ1n) is 6.36. The Morgan fingerprint density at radius 1 is 1.05 bits per heavy atom. The smallest absolute Gasteiger partial charge is 0.224 e. The van der Waals surface area contributed by atoms with Crippen LogP contribution in [0.4, 0.5) is 5.69 Å². The molecule has 0 aromatic heterocycles. The standard InChI is InChI=1S/C14H17NO7/c1-21-10-6-8(14(19)20)9(7-11(10)22-2)15-12(16)4-3-5-13(17)18/h6-7H,3-5H2,1-2H3,(H,15,16)(H,17,18)(H,19,20)/p-2. The Morgan fingerprint density at radius 2 is 1.64 bits per heavy atom. The predicted octanol–water partition coefficient (Wildman–Crippen LogP) is -1.07. The maximum Gasteiger partial charge on any atom is 0.224 e. The third kappa shape index (κ3) is 4.65. The fraction of sp³-hybridized carbons (Fsp3) is 0.357. The van der Waals surface area contributed by atoms with Crippen LogP contribution < -0.4 is 25.0 Å². The van der Waals surface area contributed by atoms with E-state index in [0.29, 0.717) is 0 Å². The number of aromatic carboxylic acids is 1. The summed E-state index contributed by atoms with van der Waals surface area (Å²) in [6.45, 7) is 0. The molecule has 120 valence electrons. The molecule has 8 heteroatoms. The van der Waals surface area contributed by atoms with E-state index in [1.807, 2.05) is 0 Å². The number of methoxy groups -OCH3 is 2. The van der Waals surface area contributed by atoms with Crippen LogP contribution in [0.3, 0.4) is 0 Å². The molecule has 1 aromatic carbocycles. The number of rotatable bonds is 8. The van der Waals surface area contributed by atoms with Gasteiger partial charge in [0.05, 0.1) is 25.9 Å². The van der Waals surface area contributed by atoms with Gasteiger partial charge in [0, 0.05) is 24.0 Å². The molecule has 1 rings (SSSR count). The van der Waals surface area contributed by atoms with E-state index in [4.69, 9.17) is 9.47 Å². The van der Waals surface area contributed by atoms with E-state index in [0.717, 1.165) is 0 Å². The number of anilines is 1. The van der Waals surface area contributed by atoms with E-state index in [1.165, 1.54) is 26.4 Å². The molecule has 0 saturated heterocycles. The summed E-state index contributed by atoms with van der Waals surface area (Å²) >= 11 is 0. The molecular weight excluding hydrogens is 294 g/mol. The fourth-order valence-electron chi connectivity index (χ4n) is 1.76. The molecule has 0 fully saturated rings. The molecule has 8 nitrogen and oxygen atoms in total. The van der Waals surface area contributed by atoms with E-state index in [1.54, 1.807) is 0 Å². The Labute approximate surface area is 126 Å². The van der Waals surface area contributed by atoms with Gasteiger partial charge in [0.15, 0.2) is 11.5 Å². The molecule has 0 aliphatic rings.